The molecular formula is C26H57Cl2NOTi. The van der Waals surface area contributed by atoms with Gasteiger partial charge in [-0.1, -0.05) is 0 Å². The number of unbranched alkanes of at least 4 members (excludes halogenated alkanes) is 17. The Morgan fingerprint density at radius 2 is 0.774 bits per heavy atom. The molecule has 0 unspecified atom stereocenters. The molecule has 0 aliphatic heterocycles. The van der Waals surface area contributed by atoms with Crippen LogP contribution in [0.1, 0.15) is 149 Å². The van der Waals surface area contributed by atoms with Crippen molar-refractivity contribution >= 4 is 24.8 Å². The van der Waals surface area contributed by atoms with Gasteiger partial charge in [-0.15, -0.1) is 24.8 Å². The van der Waals surface area contributed by atoms with E-state index in [-0.39, 0.29) is 44.6 Å². The Labute approximate surface area is 219 Å². The molecule has 0 aromatic carbocycles. The quantitative estimate of drug-likeness (QED) is 0.0881. The maximum atomic E-state index is 6.14. The van der Waals surface area contributed by atoms with Gasteiger partial charge in [-0.25, -0.2) is 0 Å². The predicted molar refractivity (Wildman–Crippen MR) is 141 cm³/mol. The van der Waals surface area contributed by atoms with Crippen LogP contribution in [0.4, 0.5) is 0 Å². The van der Waals surface area contributed by atoms with Gasteiger partial charge in [0.15, 0.2) is 0 Å². The van der Waals surface area contributed by atoms with Gasteiger partial charge in [0.1, 0.15) is 0 Å². The van der Waals surface area contributed by atoms with Crippen molar-refractivity contribution < 1.29 is 23.1 Å². The van der Waals surface area contributed by atoms with Gasteiger partial charge >= 0.3 is 195 Å². The van der Waals surface area contributed by atoms with E-state index in [1.165, 1.54) is 142 Å². The number of halogens is 2. The molecule has 0 spiro atoms. The maximum Gasteiger partial charge on any atom is -0.147 e. The molecular weight excluding hydrogens is 461 g/mol. The first-order chi connectivity index (χ1) is 14.3. The fourth-order valence-corrected chi connectivity index (χ4v) is 5.25. The van der Waals surface area contributed by atoms with Crippen LogP contribution in [-0.2, 0) is 23.1 Å². The van der Waals surface area contributed by atoms with Crippen molar-refractivity contribution in [1.82, 2.24) is 3.38 Å². The van der Waals surface area contributed by atoms with Crippen molar-refractivity contribution in [3.05, 3.63) is 0 Å². The fraction of sp³-hybridized carbons (Fsp3) is 1.00. The Morgan fingerprint density at radius 1 is 0.452 bits per heavy atom. The maximum absolute atomic E-state index is 6.14. The average Bonchev–Trinajstić information content (AvgIpc) is 2.73. The van der Waals surface area contributed by atoms with Crippen molar-refractivity contribution in [2.45, 2.75) is 149 Å². The van der Waals surface area contributed by atoms with Gasteiger partial charge in [-0.3, -0.25) is 0 Å². The molecule has 0 aromatic rings. The standard InChI is InChI=1S/C20H42N.C6H13O.2ClH.Ti/c1-3-5-7-9-11-13-15-17-19-21-20-18-16-14-12-10-8-6-4-2;1-2-3-4-5-6-7;;;/h3-20H2,1-2H3;2-6H2,1H3;2*1H;/q2*-1;;;+2. The van der Waals surface area contributed by atoms with Crippen LogP contribution in [0.5, 0.6) is 0 Å². The molecule has 0 amide bonds. The van der Waals surface area contributed by atoms with Crippen LogP contribution in [0.15, 0.2) is 0 Å². The SMILES string of the molecule is CCCCCCCCCC[N](CCCCCCCCCC)[Ti][O]CCCCCC.Cl.Cl. The van der Waals surface area contributed by atoms with E-state index in [1.54, 1.807) is 0 Å². The molecule has 0 aliphatic rings. The Bertz CT molecular complexity index is 279. The summed E-state index contributed by atoms with van der Waals surface area (Å²) in [5.41, 5.74) is 0. The second-order valence-electron chi connectivity index (χ2n) is 8.94. The van der Waals surface area contributed by atoms with E-state index >= 15 is 0 Å². The van der Waals surface area contributed by atoms with Crippen LogP contribution >= 0.6 is 24.8 Å². The number of hydrogen-bond acceptors (Lipinski definition) is 2. The zero-order valence-electron chi connectivity index (χ0n) is 21.4. The minimum Gasteiger partial charge on any atom is -0.147 e. The molecule has 2 nitrogen and oxygen atoms in total. The molecule has 0 rings (SSSR count). The van der Waals surface area contributed by atoms with E-state index in [1.807, 2.05) is 0 Å². The molecule has 0 saturated heterocycles. The Hall–Kier alpha value is 1.21. The normalized spacial score (nSPS) is 10.7. The number of nitrogens with zero attached hydrogens (tertiary/aromatic N) is 1. The van der Waals surface area contributed by atoms with Gasteiger partial charge in [0, 0.05) is 0 Å². The van der Waals surface area contributed by atoms with E-state index in [9.17, 15) is 0 Å². The van der Waals surface area contributed by atoms with Crippen molar-refractivity contribution in [3.8, 4) is 0 Å². The second kappa shape index (κ2) is 33.4. The van der Waals surface area contributed by atoms with Gasteiger partial charge in [0.2, 0.25) is 0 Å². The van der Waals surface area contributed by atoms with E-state index < -0.39 is 0 Å². The third kappa shape index (κ3) is 31.2. The Balaban J connectivity index is -0.00000392. The van der Waals surface area contributed by atoms with Gasteiger partial charge < -0.3 is 0 Å². The average molecular weight is 519 g/mol. The van der Waals surface area contributed by atoms with Gasteiger partial charge in [-0.2, -0.15) is 0 Å². The monoisotopic (exact) mass is 517 g/mol. The molecule has 0 heterocycles. The zero-order valence-corrected chi connectivity index (χ0v) is 24.6. The minimum absolute atomic E-state index is 0. The summed E-state index contributed by atoms with van der Waals surface area (Å²) in [6.45, 7) is 10.5. The van der Waals surface area contributed by atoms with Crippen LogP contribution in [0, 0.1) is 0 Å². The molecule has 0 bridgehead atoms. The molecule has 5 heteroatoms. The summed E-state index contributed by atoms with van der Waals surface area (Å²) >= 11 is -0.343. The van der Waals surface area contributed by atoms with Crippen LogP contribution < -0.4 is 0 Å². The summed E-state index contributed by atoms with van der Waals surface area (Å²) in [6, 6.07) is 0. The first-order valence-corrected chi connectivity index (χ1v) is 14.8. The third-order valence-corrected chi connectivity index (χ3v) is 7.48. The molecule has 31 heavy (non-hydrogen) atoms. The van der Waals surface area contributed by atoms with E-state index in [4.69, 9.17) is 3.32 Å². The molecule has 0 N–H and O–H groups in total. The molecule has 0 aromatic heterocycles. The van der Waals surface area contributed by atoms with Crippen LogP contribution in [0.2, 0.25) is 0 Å². The van der Waals surface area contributed by atoms with Crippen molar-refractivity contribution in [1.29, 1.82) is 0 Å². The Kier molecular flexibility index (Phi) is 39.6. The van der Waals surface area contributed by atoms with Crippen molar-refractivity contribution in [2.75, 3.05) is 19.7 Å². The number of rotatable bonds is 25. The summed E-state index contributed by atoms with van der Waals surface area (Å²) < 4.78 is 8.85. The van der Waals surface area contributed by atoms with Crippen LogP contribution in [0.25, 0.3) is 0 Å². The van der Waals surface area contributed by atoms with Crippen molar-refractivity contribution in [3.63, 3.8) is 0 Å². The summed E-state index contributed by atoms with van der Waals surface area (Å²) in [5.74, 6) is 0. The molecule has 0 atom stereocenters. The number of hydrogen-bond donors (Lipinski definition) is 0. The first kappa shape index (κ1) is 36.8. The van der Waals surface area contributed by atoms with Crippen LogP contribution in [-0.4, -0.2) is 23.1 Å². The molecule has 190 valence electrons. The zero-order chi connectivity index (χ0) is 21.3. The Morgan fingerprint density at radius 3 is 1.16 bits per heavy atom. The molecule has 0 aliphatic carbocycles. The summed E-state index contributed by atoms with van der Waals surface area (Å²) in [5, 5.41) is 0. The minimum atomic E-state index is -0.343. The molecule has 0 radical (unpaired) electrons. The van der Waals surface area contributed by atoms with E-state index in [0.717, 1.165) is 6.61 Å². The second-order valence-corrected chi connectivity index (χ2v) is 10.7. The topological polar surface area (TPSA) is 12.5 Å². The first-order valence-electron chi connectivity index (χ1n) is 13.5. The summed E-state index contributed by atoms with van der Waals surface area (Å²) in [7, 11) is 0. The molecule has 0 saturated carbocycles. The summed E-state index contributed by atoms with van der Waals surface area (Å²) in [6.07, 6.45) is 28.0. The van der Waals surface area contributed by atoms with E-state index in [2.05, 4.69) is 24.2 Å². The van der Waals surface area contributed by atoms with Gasteiger partial charge in [0.25, 0.3) is 0 Å². The largest absolute Gasteiger partial charge is 0.147 e. The summed E-state index contributed by atoms with van der Waals surface area (Å²) in [4.78, 5) is 0. The van der Waals surface area contributed by atoms with Gasteiger partial charge in [-0.05, 0) is 0 Å². The third-order valence-electron chi connectivity index (χ3n) is 5.86. The van der Waals surface area contributed by atoms with Gasteiger partial charge in [0.05, 0.1) is 0 Å². The van der Waals surface area contributed by atoms with Crippen molar-refractivity contribution in [2.24, 2.45) is 0 Å². The van der Waals surface area contributed by atoms with Crippen LogP contribution in [0.3, 0.4) is 0 Å². The van der Waals surface area contributed by atoms with E-state index in [0.29, 0.717) is 0 Å². The molecule has 0 fully saturated rings. The smallest absolute Gasteiger partial charge is 0.147 e. The predicted octanol–water partition coefficient (Wildman–Crippen LogP) is 9.92. The fourth-order valence-electron chi connectivity index (χ4n) is 3.81.